The smallest absolute Gasteiger partial charge is 0.0500 e. The first-order valence-electron chi connectivity index (χ1n) is 3.93. The Balaban J connectivity index is 2.76. The van der Waals surface area contributed by atoms with Crippen LogP contribution in [0.15, 0.2) is 0 Å². The lowest BCUT2D eigenvalue weighted by molar-refractivity contribution is -0.212. The molecule has 0 aromatic heterocycles. The van der Waals surface area contributed by atoms with Crippen molar-refractivity contribution in [3.8, 4) is 0 Å². The second-order valence-electron chi connectivity index (χ2n) is 4.43. The first-order chi connectivity index (χ1) is 4.86. The third kappa shape index (κ3) is 1.71. The Bertz CT molecular complexity index is 140. The molecule has 1 aliphatic heterocycles. The highest BCUT2D eigenvalue weighted by Gasteiger charge is 2.40. The predicted molar refractivity (Wildman–Crippen MR) is 49.1 cm³/mol. The molecule has 0 spiro atoms. The van der Waals surface area contributed by atoms with Gasteiger partial charge in [0, 0.05) is 11.5 Å². The summed E-state index contributed by atoms with van der Waals surface area (Å²) in [5.41, 5.74) is -0.154. The zero-order valence-corrected chi connectivity index (χ0v) is 8.53. The fraction of sp³-hybridized carbons (Fsp3) is 1.00. The van der Waals surface area contributed by atoms with Gasteiger partial charge in [0.15, 0.2) is 0 Å². The van der Waals surface area contributed by atoms with E-state index in [-0.39, 0.29) is 11.1 Å². The van der Waals surface area contributed by atoms with E-state index in [2.05, 4.69) is 27.7 Å². The van der Waals surface area contributed by atoms with Gasteiger partial charge in [-0.05, 0) is 27.7 Å². The molecular formula is C8H17NOS. The molecule has 66 valence electrons. The summed E-state index contributed by atoms with van der Waals surface area (Å²) in [5.74, 6) is 2.01. The highest BCUT2D eigenvalue weighted by molar-refractivity contribution is 7.99. The van der Waals surface area contributed by atoms with Gasteiger partial charge in [0.1, 0.15) is 0 Å². The summed E-state index contributed by atoms with van der Waals surface area (Å²) in [7, 11) is 0. The number of rotatable bonds is 0. The van der Waals surface area contributed by atoms with Crippen molar-refractivity contribution in [3.63, 3.8) is 0 Å². The summed E-state index contributed by atoms with van der Waals surface area (Å²) in [6, 6.07) is 0. The lowest BCUT2D eigenvalue weighted by atomic mass is 9.99. The topological polar surface area (TPSA) is 23.5 Å². The summed E-state index contributed by atoms with van der Waals surface area (Å²) >= 11 is 1.91. The van der Waals surface area contributed by atoms with Crippen LogP contribution in [-0.2, 0) is 0 Å². The molecule has 1 N–H and O–H groups in total. The quantitative estimate of drug-likeness (QED) is 0.609. The molecule has 0 aromatic carbocycles. The van der Waals surface area contributed by atoms with E-state index in [1.807, 2.05) is 11.8 Å². The third-order valence-electron chi connectivity index (χ3n) is 2.06. The Kier molecular flexibility index (Phi) is 2.25. The fourth-order valence-corrected chi connectivity index (χ4v) is 2.84. The van der Waals surface area contributed by atoms with Gasteiger partial charge in [-0.2, -0.15) is 16.8 Å². The first kappa shape index (κ1) is 9.36. The van der Waals surface area contributed by atoms with Gasteiger partial charge in [0.25, 0.3) is 0 Å². The molecule has 3 heteroatoms. The summed E-state index contributed by atoms with van der Waals surface area (Å²) < 4.78 is 0. The molecule has 0 atom stereocenters. The van der Waals surface area contributed by atoms with Crippen molar-refractivity contribution in [1.29, 1.82) is 0 Å². The van der Waals surface area contributed by atoms with Crippen LogP contribution in [0.1, 0.15) is 27.7 Å². The molecule has 1 saturated heterocycles. The molecule has 0 amide bonds. The van der Waals surface area contributed by atoms with Gasteiger partial charge in [-0.3, -0.25) is 0 Å². The molecule has 1 fully saturated rings. The molecule has 0 aromatic rings. The van der Waals surface area contributed by atoms with Crippen LogP contribution in [0.25, 0.3) is 0 Å². The van der Waals surface area contributed by atoms with E-state index in [0.717, 1.165) is 11.5 Å². The molecule has 1 rings (SSSR count). The van der Waals surface area contributed by atoms with Crippen LogP contribution in [0, 0.1) is 0 Å². The van der Waals surface area contributed by atoms with Crippen LogP contribution in [0.4, 0.5) is 0 Å². The number of thioether (sulfide) groups is 1. The highest BCUT2D eigenvalue weighted by Crippen LogP contribution is 2.34. The fourth-order valence-electron chi connectivity index (χ4n) is 1.49. The van der Waals surface area contributed by atoms with Gasteiger partial charge in [-0.15, -0.1) is 0 Å². The summed E-state index contributed by atoms with van der Waals surface area (Å²) in [5, 5.41) is 11.3. The van der Waals surface area contributed by atoms with E-state index in [1.165, 1.54) is 5.06 Å². The van der Waals surface area contributed by atoms with Crippen molar-refractivity contribution in [3.05, 3.63) is 0 Å². The average Bonchev–Trinajstić information content (AvgIpc) is 1.82. The largest absolute Gasteiger partial charge is 0.313 e. The highest BCUT2D eigenvalue weighted by atomic mass is 32.2. The van der Waals surface area contributed by atoms with E-state index in [4.69, 9.17) is 0 Å². The third-order valence-corrected chi connectivity index (χ3v) is 3.88. The number of nitrogens with zero attached hydrogens (tertiary/aromatic N) is 1. The SMILES string of the molecule is CC1(C)CSCC(C)(C)N1O. The Morgan fingerprint density at radius 3 is 1.73 bits per heavy atom. The molecule has 0 radical (unpaired) electrons. The summed E-state index contributed by atoms with van der Waals surface area (Å²) in [6.07, 6.45) is 0. The number of hydrogen-bond donors (Lipinski definition) is 1. The number of hydroxylamine groups is 2. The average molecular weight is 175 g/mol. The van der Waals surface area contributed by atoms with Crippen LogP contribution in [-0.4, -0.2) is 32.9 Å². The number of hydrogen-bond acceptors (Lipinski definition) is 3. The van der Waals surface area contributed by atoms with Crippen molar-refractivity contribution in [2.75, 3.05) is 11.5 Å². The van der Waals surface area contributed by atoms with E-state index in [0.29, 0.717) is 0 Å². The Hall–Kier alpha value is 0.270. The van der Waals surface area contributed by atoms with Crippen LogP contribution in [0.2, 0.25) is 0 Å². The van der Waals surface area contributed by atoms with Crippen molar-refractivity contribution < 1.29 is 5.21 Å². The van der Waals surface area contributed by atoms with Crippen LogP contribution < -0.4 is 0 Å². The molecular weight excluding hydrogens is 158 g/mol. The Labute approximate surface area is 72.9 Å². The Morgan fingerprint density at radius 1 is 1.09 bits per heavy atom. The minimum Gasteiger partial charge on any atom is -0.313 e. The van der Waals surface area contributed by atoms with Crippen LogP contribution in [0.5, 0.6) is 0 Å². The maximum atomic E-state index is 9.78. The van der Waals surface area contributed by atoms with Gasteiger partial charge >= 0.3 is 0 Å². The van der Waals surface area contributed by atoms with Crippen molar-refractivity contribution >= 4 is 11.8 Å². The van der Waals surface area contributed by atoms with E-state index in [1.54, 1.807) is 0 Å². The van der Waals surface area contributed by atoms with Gasteiger partial charge < -0.3 is 5.21 Å². The maximum absolute atomic E-state index is 9.78. The molecule has 1 aliphatic rings. The van der Waals surface area contributed by atoms with Crippen molar-refractivity contribution in [1.82, 2.24) is 5.06 Å². The van der Waals surface area contributed by atoms with E-state index >= 15 is 0 Å². The minimum atomic E-state index is -0.0770. The zero-order valence-electron chi connectivity index (χ0n) is 7.72. The standard InChI is InChI=1S/C8H17NOS/c1-7(2)5-11-6-8(3,4)9(7)10/h10H,5-6H2,1-4H3. The molecule has 0 saturated carbocycles. The van der Waals surface area contributed by atoms with Crippen LogP contribution in [0.3, 0.4) is 0 Å². The molecule has 0 unspecified atom stereocenters. The van der Waals surface area contributed by atoms with Crippen LogP contribution >= 0.6 is 11.8 Å². The van der Waals surface area contributed by atoms with Gasteiger partial charge in [0.2, 0.25) is 0 Å². The predicted octanol–water partition coefficient (Wildman–Crippen LogP) is 1.98. The second kappa shape index (κ2) is 2.64. The maximum Gasteiger partial charge on any atom is 0.0500 e. The second-order valence-corrected chi connectivity index (χ2v) is 5.42. The summed E-state index contributed by atoms with van der Waals surface area (Å²) in [4.78, 5) is 0. The lowest BCUT2D eigenvalue weighted by Gasteiger charge is -2.47. The van der Waals surface area contributed by atoms with Gasteiger partial charge in [-0.25, -0.2) is 0 Å². The van der Waals surface area contributed by atoms with Gasteiger partial charge in [-0.1, -0.05) is 0 Å². The zero-order chi connectivity index (χ0) is 8.70. The molecule has 2 nitrogen and oxygen atoms in total. The monoisotopic (exact) mass is 175 g/mol. The van der Waals surface area contributed by atoms with Crippen molar-refractivity contribution in [2.45, 2.75) is 38.8 Å². The lowest BCUT2D eigenvalue weighted by Crippen LogP contribution is -2.59. The van der Waals surface area contributed by atoms with E-state index < -0.39 is 0 Å². The van der Waals surface area contributed by atoms with E-state index in [9.17, 15) is 5.21 Å². The molecule has 11 heavy (non-hydrogen) atoms. The summed E-state index contributed by atoms with van der Waals surface area (Å²) in [6.45, 7) is 8.28. The molecule has 0 aliphatic carbocycles. The molecule has 1 heterocycles. The van der Waals surface area contributed by atoms with Crippen molar-refractivity contribution in [2.24, 2.45) is 0 Å². The Morgan fingerprint density at radius 2 is 1.45 bits per heavy atom. The minimum absolute atomic E-state index is 0.0770. The van der Waals surface area contributed by atoms with Gasteiger partial charge in [0.05, 0.1) is 11.1 Å². The first-order valence-corrected chi connectivity index (χ1v) is 5.09. The molecule has 0 bridgehead atoms. The normalized spacial score (nSPS) is 30.3.